The summed E-state index contributed by atoms with van der Waals surface area (Å²) >= 11 is 0. The van der Waals surface area contributed by atoms with Crippen molar-refractivity contribution in [3.05, 3.63) is 82.3 Å². The van der Waals surface area contributed by atoms with Gasteiger partial charge in [0.15, 0.2) is 0 Å². The van der Waals surface area contributed by atoms with E-state index in [1.165, 1.54) is 4.68 Å². The molecule has 0 unspecified atom stereocenters. The first-order chi connectivity index (χ1) is 10.3. The largest absolute Gasteiger partial charge is 0.274 e. The van der Waals surface area contributed by atoms with Gasteiger partial charge in [-0.15, -0.1) is 0 Å². The van der Waals surface area contributed by atoms with Crippen LogP contribution in [0.25, 0.3) is 16.8 Å². The molecule has 3 rings (SSSR count). The Hall–Kier alpha value is -2.68. The van der Waals surface area contributed by atoms with Gasteiger partial charge in [0.05, 0.1) is 17.6 Å². The van der Waals surface area contributed by atoms with Crippen LogP contribution in [0.1, 0.15) is 11.3 Å². The summed E-state index contributed by atoms with van der Waals surface area (Å²) in [5.41, 5.74) is 1.94. The molecular formula is C18H16N2O. The summed E-state index contributed by atoms with van der Waals surface area (Å²) in [6, 6.07) is 17.6. The Labute approximate surface area is 123 Å². The average Bonchev–Trinajstić information content (AvgIpc) is 2.53. The molecule has 0 saturated heterocycles. The Morgan fingerprint density at radius 2 is 1.67 bits per heavy atom. The van der Waals surface area contributed by atoms with Gasteiger partial charge >= 0.3 is 0 Å². The van der Waals surface area contributed by atoms with Crippen molar-refractivity contribution < 1.29 is 0 Å². The zero-order valence-corrected chi connectivity index (χ0v) is 11.9. The second kappa shape index (κ2) is 5.75. The lowest BCUT2D eigenvalue weighted by atomic mass is 10.1. The molecule has 0 bridgehead atoms. The molecule has 0 aliphatic carbocycles. The molecule has 3 heteroatoms. The number of aromatic nitrogens is 2. The topological polar surface area (TPSA) is 34.9 Å². The van der Waals surface area contributed by atoms with Crippen LogP contribution in [-0.4, -0.2) is 9.78 Å². The van der Waals surface area contributed by atoms with Crippen molar-refractivity contribution in [2.75, 3.05) is 0 Å². The van der Waals surface area contributed by atoms with Gasteiger partial charge < -0.3 is 0 Å². The summed E-state index contributed by atoms with van der Waals surface area (Å²) in [4.78, 5) is 12.4. The molecule has 0 aliphatic heterocycles. The number of nitrogens with zero attached hydrogens (tertiary/aromatic N) is 2. The van der Waals surface area contributed by atoms with E-state index in [4.69, 9.17) is 0 Å². The minimum absolute atomic E-state index is 0.0473. The second-order valence-corrected chi connectivity index (χ2v) is 4.93. The molecular weight excluding hydrogens is 260 g/mol. The van der Waals surface area contributed by atoms with Gasteiger partial charge in [0, 0.05) is 5.39 Å². The van der Waals surface area contributed by atoms with Crippen LogP contribution >= 0.6 is 0 Å². The number of fused-ring (bicyclic) bond motifs is 1. The average molecular weight is 276 g/mol. The fraction of sp³-hybridized carbons (Fsp3) is 0.111. The van der Waals surface area contributed by atoms with Crippen LogP contribution in [-0.2, 0) is 6.54 Å². The maximum Gasteiger partial charge on any atom is 0.274 e. The minimum Gasteiger partial charge on any atom is -0.267 e. The van der Waals surface area contributed by atoms with Gasteiger partial charge in [-0.25, -0.2) is 4.68 Å². The third kappa shape index (κ3) is 2.77. The van der Waals surface area contributed by atoms with Crippen molar-refractivity contribution in [2.24, 2.45) is 0 Å². The highest BCUT2D eigenvalue weighted by Crippen LogP contribution is 2.11. The zero-order chi connectivity index (χ0) is 14.7. The molecule has 0 atom stereocenters. The standard InChI is InChI=1S/C18H16N2O/c1-14-16-11-5-6-12-17(16)18(21)20(19-14)13-7-10-15-8-3-2-4-9-15/h2-12H,13H2,1H3. The molecule has 0 radical (unpaired) electrons. The van der Waals surface area contributed by atoms with Gasteiger partial charge in [-0.2, -0.15) is 5.10 Å². The molecule has 0 N–H and O–H groups in total. The van der Waals surface area contributed by atoms with Crippen LogP contribution in [0, 0.1) is 6.92 Å². The van der Waals surface area contributed by atoms with Crippen LogP contribution < -0.4 is 5.56 Å². The molecule has 1 heterocycles. The van der Waals surface area contributed by atoms with Gasteiger partial charge in [0.25, 0.3) is 5.56 Å². The van der Waals surface area contributed by atoms with Crippen molar-refractivity contribution in [3.63, 3.8) is 0 Å². The monoisotopic (exact) mass is 276 g/mol. The summed E-state index contributed by atoms with van der Waals surface area (Å²) in [7, 11) is 0. The van der Waals surface area contributed by atoms with Crippen LogP contribution in [0.5, 0.6) is 0 Å². The lowest BCUT2D eigenvalue weighted by molar-refractivity contribution is 0.651. The maximum absolute atomic E-state index is 12.4. The lowest BCUT2D eigenvalue weighted by Gasteiger charge is -2.06. The first-order valence-electron chi connectivity index (χ1n) is 6.94. The van der Waals surface area contributed by atoms with Crippen LogP contribution in [0.3, 0.4) is 0 Å². The van der Waals surface area contributed by atoms with E-state index < -0.39 is 0 Å². The third-order valence-corrected chi connectivity index (χ3v) is 3.44. The van der Waals surface area contributed by atoms with Crippen LogP contribution in [0.4, 0.5) is 0 Å². The van der Waals surface area contributed by atoms with E-state index in [9.17, 15) is 4.79 Å². The summed E-state index contributed by atoms with van der Waals surface area (Å²) in [5, 5.41) is 6.03. The molecule has 21 heavy (non-hydrogen) atoms. The molecule has 0 fully saturated rings. The molecule has 0 saturated carbocycles. The van der Waals surface area contributed by atoms with Crippen molar-refractivity contribution in [1.29, 1.82) is 0 Å². The molecule has 2 aromatic carbocycles. The summed E-state index contributed by atoms with van der Waals surface area (Å²) in [6.07, 6.45) is 3.95. The first kappa shape index (κ1) is 13.3. The van der Waals surface area contributed by atoms with Gasteiger partial charge in [-0.1, -0.05) is 60.7 Å². The van der Waals surface area contributed by atoms with Crippen molar-refractivity contribution >= 4 is 16.8 Å². The molecule has 0 spiro atoms. The van der Waals surface area contributed by atoms with E-state index in [0.29, 0.717) is 6.54 Å². The summed E-state index contributed by atoms with van der Waals surface area (Å²) < 4.78 is 1.51. The normalized spacial score (nSPS) is 11.3. The Morgan fingerprint density at radius 3 is 2.43 bits per heavy atom. The predicted octanol–water partition coefficient (Wildman–Crippen LogP) is 3.42. The quantitative estimate of drug-likeness (QED) is 0.734. The molecule has 104 valence electrons. The predicted molar refractivity (Wildman–Crippen MR) is 86.2 cm³/mol. The molecule has 3 aromatic rings. The van der Waals surface area contributed by atoms with Gasteiger partial charge in [0.2, 0.25) is 0 Å². The number of aryl methyl sites for hydroxylation is 1. The fourth-order valence-electron chi connectivity index (χ4n) is 2.38. The minimum atomic E-state index is -0.0473. The van der Waals surface area contributed by atoms with Crippen LogP contribution in [0.15, 0.2) is 65.5 Å². The van der Waals surface area contributed by atoms with Gasteiger partial charge in [0.1, 0.15) is 0 Å². The fourth-order valence-corrected chi connectivity index (χ4v) is 2.38. The Bertz CT molecular complexity index is 848. The number of hydrogen-bond acceptors (Lipinski definition) is 2. The Morgan fingerprint density at radius 1 is 1.00 bits per heavy atom. The smallest absolute Gasteiger partial charge is 0.267 e. The molecule has 0 aliphatic rings. The van der Waals surface area contributed by atoms with E-state index in [1.807, 2.05) is 73.7 Å². The molecule has 1 aromatic heterocycles. The molecule has 3 nitrogen and oxygen atoms in total. The third-order valence-electron chi connectivity index (χ3n) is 3.44. The van der Waals surface area contributed by atoms with Crippen molar-refractivity contribution in [1.82, 2.24) is 9.78 Å². The number of allylic oxidation sites excluding steroid dienone is 1. The van der Waals surface area contributed by atoms with Crippen molar-refractivity contribution in [3.8, 4) is 0 Å². The maximum atomic E-state index is 12.4. The molecule has 0 amide bonds. The number of hydrogen-bond donors (Lipinski definition) is 0. The van der Waals surface area contributed by atoms with E-state index in [-0.39, 0.29) is 5.56 Å². The van der Waals surface area contributed by atoms with Crippen molar-refractivity contribution in [2.45, 2.75) is 13.5 Å². The van der Waals surface area contributed by atoms with Gasteiger partial charge in [-0.05, 0) is 18.6 Å². The first-order valence-corrected chi connectivity index (χ1v) is 6.94. The highest BCUT2D eigenvalue weighted by Gasteiger charge is 2.05. The zero-order valence-electron chi connectivity index (χ0n) is 11.9. The van der Waals surface area contributed by atoms with E-state index in [0.717, 1.165) is 22.0 Å². The van der Waals surface area contributed by atoms with Crippen LogP contribution in [0.2, 0.25) is 0 Å². The van der Waals surface area contributed by atoms with E-state index in [1.54, 1.807) is 0 Å². The lowest BCUT2D eigenvalue weighted by Crippen LogP contribution is -2.23. The summed E-state index contributed by atoms with van der Waals surface area (Å²) in [5.74, 6) is 0. The second-order valence-electron chi connectivity index (χ2n) is 4.93. The van der Waals surface area contributed by atoms with E-state index >= 15 is 0 Å². The highest BCUT2D eigenvalue weighted by molar-refractivity contribution is 5.83. The Balaban J connectivity index is 1.93. The number of benzene rings is 2. The SMILES string of the molecule is Cc1nn(CC=Cc2ccccc2)c(=O)c2ccccc12. The highest BCUT2D eigenvalue weighted by atomic mass is 16.1. The summed E-state index contributed by atoms with van der Waals surface area (Å²) in [6.45, 7) is 2.40. The van der Waals surface area contributed by atoms with Gasteiger partial charge in [-0.3, -0.25) is 4.79 Å². The van der Waals surface area contributed by atoms with E-state index in [2.05, 4.69) is 5.10 Å². The number of rotatable bonds is 3. The Kier molecular flexibility index (Phi) is 3.65.